The summed E-state index contributed by atoms with van der Waals surface area (Å²) in [7, 11) is 2.03. The second-order valence-corrected chi connectivity index (χ2v) is 12.1. The standard InChI is InChI=1S/C29H41N7O2S/c1-6-9-21-14-22(15-24-25(21)39-27(32-24)36-20-33(5)19-34(7-2)28(36)37)23-16-30-26(31-17-23)35-12-10-29(4,11-13-35)18-38-8-3/h14-17H,6-13,18-20H2,1-5H3. The summed E-state index contributed by atoms with van der Waals surface area (Å²) in [6, 6.07) is 4.38. The van der Waals surface area contributed by atoms with Crippen LogP contribution in [0.2, 0.25) is 0 Å². The number of aryl methyl sites for hydroxylation is 1. The molecule has 0 saturated carbocycles. The summed E-state index contributed by atoms with van der Waals surface area (Å²) in [5, 5.41) is 0.752. The molecule has 9 nitrogen and oxygen atoms in total. The third-order valence-corrected chi connectivity index (χ3v) is 9.03. The average Bonchev–Trinajstić information content (AvgIpc) is 3.38. The van der Waals surface area contributed by atoms with E-state index < -0.39 is 0 Å². The molecule has 2 aliphatic rings. The molecule has 0 aliphatic carbocycles. The molecule has 0 atom stereocenters. The van der Waals surface area contributed by atoms with Gasteiger partial charge in [0.15, 0.2) is 5.13 Å². The number of rotatable bonds is 9. The number of carbonyl (C=O) groups is 1. The average molecular weight is 552 g/mol. The van der Waals surface area contributed by atoms with E-state index in [4.69, 9.17) is 19.7 Å². The quantitative estimate of drug-likeness (QED) is 0.350. The summed E-state index contributed by atoms with van der Waals surface area (Å²) in [6.07, 6.45) is 8.01. The summed E-state index contributed by atoms with van der Waals surface area (Å²) in [5.41, 5.74) is 4.46. The van der Waals surface area contributed by atoms with Gasteiger partial charge in [0.25, 0.3) is 0 Å². The van der Waals surface area contributed by atoms with Crippen LogP contribution in [0.25, 0.3) is 21.3 Å². The number of thiazole rings is 1. The van der Waals surface area contributed by atoms with E-state index in [1.165, 1.54) is 5.56 Å². The van der Waals surface area contributed by atoms with Crippen molar-refractivity contribution in [2.75, 3.05) is 63.0 Å². The number of nitrogens with zero attached hydrogens (tertiary/aromatic N) is 7. The van der Waals surface area contributed by atoms with E-state index in [1.54, 1.807) is 16.2 Å². The smallest absolute Gasteiger partial charge is 0.328 e. The van der Waals surface area contributed by atoms with Gasteiger partial charge in [-0.3, -0.25) is 9.80 Å². The molecule has 3 aromatic rings. The van der Waals surface area contributed by atoms with E-state index in [2.05, 4.69) is 42.7 Å². The Morgan fingerprint density at radius 3 is 2.46 bits per heavy atom. The van der Waals surface area contributed by atoms with Crippen LogP contribution in [-0.2, 0) is 11.2 Å². The van der Waals surface area contributed by atoms with Gasteiger partial charge in [0, 0.05) is 44.2 Å². The monoisotopic (exact) mass is 551 g/mol. The van der Waals surface area contributed by atoms with Gasteiger partial charge < -0.3 is 14.5 Å². The lowest BCUT2D eigenvalue weighted by Gasteiger charge is -2.39. The number of fused-ring (bicyclic) bond motifs is 1. The Kier molecular flexibility index (Phi) is 8.35. The second kappa shape index (κ2) is 11.7. The number of aromatic nitrogens is 3. The lowest BCUT2D eigenvalue weighted by molar-refractivity contribution is 0.0458. The maximum Gasteiger partial charge on any atom is 0.328 e. The molecule has 0 radical (unpaired) electrons. The summed E-state index contributed by atoms with van der Waals surface area (Å²) in [4.78, 5) is 35.6. The fraction of sp³-hybridized carbons (Fsp3) is 0.586. The number of urea groups is 1. The minimum Gasteiger partial charge on any atom is -0.381 e. The molecule has 2 saturated heterocycles. The van der Waals surface area contributed by atoms with E-state index in [0.29, 0.717) is 19.9 Å². The molecular formula is C29H41N7O2S. The van der Waals surface area contributed by atoms with Crippen LogP contribution >= 0.6 is 11.3 Å². The molecule has 5 rings (SSSR count). The minimum atomic E-state index is 0.0202. The van der Waals surface area contributed by atoms with E-state index in [0.717, 1.165) is 84.4 Å². The Balaban J connectivity index is 1.38. The van der Waals surface area contributed by atoms with Crippen molar-refractivity contribution in [1.29, 1.82) is 0 Å². The van der Waals surface area contributed by atoms with E-state index >= 15 is 0 Å². The first kappa shape index (κ1) is 27.7. The fourth-order valence-corrected chi connectivity index (χ4v) is 6.52. The molecule has 2 aliphatic heterocycles. The van der Waals surface area contributed by atoms with Gasteiger partial charge >= 0.3 is 6.03 Å². The first-order valence-electron chi connectivity index (χ1n) is 14.2. The van der Waals surface area contributed by atoms with Crippen LogP contribution < -0.4 is 9.80 Å². The van der Waals surface area contributed by atoms with Crippen molar-refractivity contribution in [3.05, 3.63) is 30.1 Å². The van der Waals surface area contributed by atoms with E-state index in [1.807, 2.05) is 31.3 Å². The maximum atomic E-state index is 13.1. The molecule has 10 heteroatoms. The first-order valence-corrected chi connectivity index (χ1v) is 15.0. The van der Waals surface area contributed by atoms with Gasteiger partial charge in [-0.2, -0.15) is 0 Å². The fourth-order valence-electron chi connectivity index (χ4n) is 5.45. The highest BCUT2D eigenvalue weighted by Gasteiger charge is 2.32. The van der Waals surface area contributed by atoms with Crippen LogP contribution in [-0.4, -0.2) is 84.0 Å². The Labute approximate surface area is 235 Å². The van der Waals surface area contributed by atoms with Crippen LogP contribution in [0.4, 0.5) is 15.9 Å². The second-order valence-electron chi connectivity index (χ2n) is 11.1. The number of piperidine rings is 1. The van der Waals surface area contributed by atoms with E-state index in [9.17, 15) is 4.79 Å². The van der Waals surface area contributed by atoms with Gasteiger partial charge in [-0.15, -0.1) is 0 Å². The van der Waals surface area contributed by atoms with Gasteiger partial charge in [0.2, 0.25) is 5.95 Å². The van der Waals surface area contributed by atoms with Gasteiger partial charge in [0.05, 0.1) is 30.2 Å². The zero-order valence-electron chi connectivity index (χ0n) is 23.9. The van der Waals surface area contributed by atoms with Crippen LogP contribution in [0, 0.1) is 5.41 Å². The number of amides is 2. The Morgan fingerprint density at radius 1 is 1.05 bits per heavy atom. The number of hydrogen-bond acceptors (Lipinski definition) is 8. The summed E-state index contributed by atoms with van der Waals surface area (Å²) in [6.45, 7) is 13.9. The topological polar surface area (TPSA) is 77.9 Å². The maximum absolute atomic E-state index is 13.1. The third-order valence-electron chi connectivity index (χ3n) is 7.86. The van der Waals surface area contributed by atoms with Crippen molar-refractivity contribution in [2.45, 2.75) is 53.4 Å². The number of ether oxygens (including phenoxy) is 1. The highest BCUT2D eigenvalue weighted by atomic mass is 32.1. The van der Waals surface area contributed by atoms with Crippen LogP contribution in [0.15, 0.2) is 24.5 Å². The SMILES string of the molecule is CCCc1cc(-c2cnc(N3CCC(C)(COCC)CC3)nc2)cc2nc(N3CN(C)CN(CC)C3=O)sc12. The normalized spacial score (nSPS) is 18.4. The molecule has 210 valence electrons. The number of carbonyl (C=O) groups excluding carboxylic acids is 1. The molecule has 2 fully saturated rings. The molecule has 2 amide bonds. The molecule has 1 aromatic carbocycles. The summed E-state index contributed by atoms with van der Waals surface area (Å²) < 4.78 is 6.87. The van der Waals surface area contributed by atoms with Crippen LogP contribution in [0.5, 0.6) is 0 Å². The molecule has 0 spiro atoms. The summed E-state index contributed by atoms with van der Waals surface area (Å²) in [5.74, 6) is 0.788. The molecule has 0 unspecified atom stereocenters. The van der Waals surface area contributed by atoms with Crippen LogP contribution in [0.1, 0.15) is 52.5 Å². The first-order chi connectivity index (χ1) is 18.8. The zero-order chi connectivity index (χ0) is 27.6. The summed E-state index contributed by atoms with van der Waals surface area (Å²) >= 11 is 1.61. The van der Waals surface area contributed by atoms with Crippen molar-refractivity contribution in [3.8, 4) is 11.1 Å². The molecule has 0 N–H and O–H groups in total. The molecule has 4 heterocycles. The highest BCUT2D eigenvalue weighted by molar-refractivity contribution is 7.22. The number of anilines is 2. The zero-order valence-corrected chi connectivity index (χ0v) is 24.8. The molecule has 0 bridgehead atoms. The number of benzene rings is 1. The van der Waals surface area contributed by atoms with Gasteiger partial charge in [-0.05, 0) is 68.8 Å². The predicted molar refractivity (Wildman–Crippen MR) is 158 cm³/mol. The third kappa shape index (κ3) is 5.88. The molecule has 39 heavy (non-hydrogen) atoms. The largest absolute Gasteiger partial charge is 0.381 e. The van der Waals surface area contributed by atoms with Gasteiger partial charge in [-0.25, -0.2) is 19.7 Å². The number of hydrogen-bond donors (Lipinski definition) is 0. The predicted octanol–water partition coefficient (Wildman–Crippen LogP) is 5.46. The Hall–Kier alpha value is -2.82. The van der Waals surface area contributed by atoms with Crippen molar-refractivity contribution >= 4 is 38.7 Å². The lowest BCUT2D eigenvalue weighted by Crippen LogP contribution is -2.56. The van der Waals surface area contributed by atoms with Gasteiger partial charge in [0.1, 0.15) is 0 Å². The van der Waals surface area contributed by atoms with Crippen LogP contribution in [0.3, 0.4) is 0 Å². The highest BCUT2D eigenvalue weighted by Crippen LogP contribution is 2.37. The molecule has 2 aromatic heterocycles. The van der Waals surface area contributed by atoms with Crippen molar-refractivity contribution in [2.24, 2.45) is 5.41 Å². The van der Waals surface area contributed by atoms with E-state index in [-0.39, 0.29) is 11.4 Å². The van der Waals surface area contributed by atoms with Crippen molar-refractivity contribution in [1.82, 2.24) is 24.8 Å². The van der Waals surface area contributed by atoms with Crippen molar-refractivity contribution in [3.63, 3.8) is 0 Å². The van der Waals surface area contributed by atoms with Gasteiger partial charge in [-0.1, -0.05) is 31.6 Å². The van der Waals surface area contributed by atoms with Crippen molar-refractivity contribution < 1.29 is 9.53 Å². The lowest BCUT2D eigenvalue weighted by atomic mass is 9.81. The molecular weight excluding hydrogens is 510 g/mol. The Morgan fingerprint density at radius 2 is 1.79 bits per heavy atom. The minimum absolute atomic E-state index is 0.0202. The Bertz CT molecular complexity index is 1290.